The highest BCUT2D eigenvalue weighted by molar-refractivity contribution is 9.10. The van der Waals surface area contributed by atoms with Crippen LogP contribution in [0.1, 0.15) is 20.3 Å². The van der Waals surface area contributed by atoms with Crippen molar-refractivity contribution in [3.63, 3.8) is 0 Å². The number of methoxy groups -OCH3 is 1. The quantitative estimate of drug-likeness (QED) is 0.820. The summed E-state index contributed by atoms with van der Waals surface area (Å²) in [6.07, 6.45) is 0.450. The molecule has 0 saturated carbocycles. The minimum absolute atomic E-state index is 0.0382. The molecule has 19 heavy (non-hydrogen) atoms. The molecule has 2 N–H and O–H groups in total. The predicted octanol–water partition coefficient (Wildman–Crippen LogP) is 1.90. The van der Waals surface area contributed by atoms with Gasteiger partial charge in [0.05, 0.1) is 12.7 Å². The van der Waals surface area contributed by atoms with Crippen molar-refractivity contribution in [2.75, 3.05) is 13.7 Å². The molecule has 7 heteroatoms. The van der Waals surface area contributed by atoms with Crippen molar-refractivity contribution in [3.05, 3.63) is 22.7 Å². The maximum atomic E-state index is 12.2. The Bertz CT molecular complexity index is 543. The van der Waals surface area contributed by atoms with Crippen LogP contribution in [-0.2, 0) is 10.0 Å². The molecule has 0 heterocycles. The van der Waals surface area contributed by atoms with Crippen molar-refractivity contribution in [1.29, 1.82) is 0 Å². The summed E-state index contributed by atoms with van der Waals surface area (Å²) in [6.45, 7) is 3.31. The Morgan fingerprint density at radius 3 is 2.63 bits per heavy atom. The van der Waals surface area contributed by atoms with Crippen molar-refractivity contribution >= 4 is 26.0 Å². The van der Waals surface area contributed by atoms with E-state index < -0.39 is 15.6 Å². The van der Waals surface area contributed by atoms with E-state index in [0.29, 0.717) is 10.9 Å². The molecule has 0 spiro atoms. The number of ether oxygens (including phenoxy) is 1. The van der Waals surface area contributed by atoms with Crippen LogP contribution in [0.25, 0.3) is 0 Å². The lowest BCUT2D eigenvalue weighted by atomic mass is 10.1. The smallest absolute Gasteiger partial charge is 0.244 e. The molecule has 5 nitrogen and oxygen atoms in total. The highest BCUT2D eigenvalue weighted by Crippen LogP contribution is 2.27. The van der Waals surface area contributed by atoms with Crippen LogP contribution in [0.4, 0.5) is 0 Å². The molecule has 1 unspecified atom stereocenters. The number of hydrogen-bond acceptors (Lipinski definition) is 4. The Hall–Kier alpha value is -0.630. The van der Waals surface area contributed by atoms with E-state index in [9.17, 15) is 13.5 Å². The summed E-state index contributed by atoms with van der Waals surface area (Å²) in [6, 6.07) is 4.72. The van der Waals surface area contributed by atoms with Gasteiger partial charge in [0.2, 0.25) is 10.0 Å². The topological polar surface area (TPSA) is 75.6 Å². The fourth-order valence-electron chi connectivity index (χ4n) is 1.31. The van der Waals surface area contributed by atoms with Gasteiger partial charge >= 0.3 is 0 Å². The molecule has 0 fully saturated rings. The van der Waals surface area contributed by atoms with E-state index in [-0.39, 0.29) is 17.2 Å². The minimum Gasteiger partial charge on any atom is -0.495 e. The van der Waals surface area contributed by atoms with Gasteiger partial charge in [0, 0.05) is 11.0 Å². The summed E-state index contributed by atoms with van der Waals surface area (Å²) in [5.74, 6) is 0.256. The van der Waals surface area contributed by atoms with Gasteiger partial charge in [-0.25, -0.2) is 13.1 Å². The summed E-state index contributed by atoms with van der Waals surface area (Å²) in [4.78, 5) is 0.0382. The fourth-order valence-corrected chi connectivity index (χ4v) is 3.18. The molecule has 0 bridgehead atoms. The van der Waals surface area contributed by atoms with Gasteiger partial charge in [-0.3, -0.25) is 0 Å². The third kappa shape index (κ3) is 4.45. The molecule has 0 saturated heterocycles. The van der Waals surface area contributed by atoms with Crippen LogP contribution in [0, 0.1) is 0 Å². The number of aliphatic hydroxyl groups is 1. The third-order valence-corrected chi connectivity index (χ3v) is 4.74. The molecule has 0 aliphatic heterocycles. The predicted molar refractivity (Wildman–Crippen MR) is 76.8 cm³/mol. The van der Waals surface area contributed by atoms with Crippen molar-refractivity contribution in [2.45, 2.75) is 30.8 Å². The monoisotopic (exact) mass is 351 g/mol. The highest BCUT2D eigenvalue weighted by atomic mass is 79.9. The third-order valence-electron chi connectivity index (χ3n) is 2.82. The summed E-state index contributed by atoms with van der Waals surface area (Å²) in [5.41, 5.74) is -1.08. The first-order chi connectivity index (χ1) is 8.72. The lowest BCUT2D eigenvalue weighted by Crippen LogP contribution is -2.40. The number of benzene rings is 1. The van der Waals surface area contributed by atoms with Crippen LogP contribution in [-0.4, -0.2) is 32.8 Å². The van der Waals surface area contributed by atoms with Crippen LogP contribution >= 0.6 is 15.9 Å². The summed E-state index contributed by atoms with van der Waals surface area (Å²) < 4.78 is 32.5. The van der Waals surface area contributed by atoms with E-state index in [4.69, 9.17) is 4.74 Å². The zero-order chi connectivity index (χ0) is 14.7. The van der Waals surface area contributed by atoms with E-state index in [0.717, 1.165) is 0 Å². The van der Waals surface area contributed by atoms with E-state index in [1.165, 1.54) is 13.2 Å². The largest absolute Gasteiger partial charge is 0.495 e. The normalized spacial score (nSPS) is 15.0. The zero-order valence-corrected chi connectivity index (χ0v) is 13.5. The van der Waals surface area contributed by atoms with Crippen LogP contribution in [0.3, 0.4) is 0 Å². The molecule has 1 aromatic carbocycles. The van der Waals surface area contributed by atoms with Crippen LogP contribution in [0.5, 0.6) is 5.75 Å². The van der Waals surface area contributed by atoms with Crippen molar-refractivity contribution in [3.8, 4) is 5.75 Å². The molecule has 1 rings (SSSR count). The van der Waals surface area contributed by atoms with Gasteiger partial charge < -0.3 is 9.84 Å². The van der Waals surface area contributed by atoms with E-state index >= 15 is 0 Å². The number of sulfonamides is 1. The fraction of sp³-hybridized carbons (Fsp3) is 0.500. The van der Waals surface area contributed by atoms with E-state index in [2.05, 4.69) is 20.7 Å². The molecule has 108 valence electrons. The Labute approximate surface area is 122 Å². The van der Waals surface area contributed by atoms with Gasteiger partial charge in [-0.2, -0.15) is 0 Å². The van der Waals surface area contributed by atoms with E-state index in [1.54, 1.807) is 26.0 Å². The molecule has 0 aromatic heterocycles. The highest BCUT2D eigenvalue weighted by Gasteiger charge is 2.24. The average Bonchev–Trinajstić information content (AvgIpc) is 2.37. The second-order valence-electron chi connectivity index (χ2n) is 4.47. The van der Waals surface area contributed by atoms with E-state index in [1.807, 2.05) is 0 Å². The maximum absolute atomic E-state index is 12.2. The van der Waals surface area contributed by atoms with Crippen LogP contribution in [0.15, 0.2) is 27.6 Å². The summed E-state index contributed by atoms with van der Waals surface area (Å²) >= 11 is 3.23. The average molecular weight is 352 g/mol. The Balaban J connectivity index is 3.04. The van der Waals surface area contributed by atoms with Crippen molar-refractivity contribution < 1.29 is 18.3 Å². The van der Waals surface area contributed by atoms with Crippen LogP contribution < -0.4 is 9.46 Å². The minimum atomic E-state index is -3.73. The van der Waals surface area contributed by atoms with Crippen LogP contribution in [0.2, 0.25) is 0 Å². The van der Waals surface area contributed by atoms with Gasteiger partial charge in [-0.05, 0) is 31.5 Å². The van der Waals surface area contributed by atoms with Gasteiger partial charge in [-0.15, -0.1) is 0 Å². The number of halogens is 1. The first kappa shape index (κ1) is 16.4. The van der Waals surface area contributed by atoms with Gasteiger partial charge in [0.25, 0.3) is 0 Å². The van der Waals surface area contributed by atoms with Crippen molar-refractivity contribution in [1.82, 2.24) is 4.72 Å². The number of nitrogens with one attached hydrogen (secondary N) is 1. The van der Waals surface area contributed by atoms with Gasteiger partial charge in [0.15, 0.2) is 0 Å². The number of rotatable bonds is 6. The Morgan fingerprint density at radius 2 is 2.11 bits per heavy atom. The lowest BCUT2D eigenvalue weighted by Gasteiger charge is -2.21. The second-order valence-corrected chi connectivity index (χ2v) is 7.12. The number of hydrogen-bond donors (Lipinski definition) is 2. The van der Waals surface area contributed by atoms with Gasteiger partial charge in [0.1, 0.15) is 10.6 Å². The second kappa shape index (κ2) is 6.21. The standard InChI is InChI=1S/C12H18BrNO4S/c1-4-12(2,15)8-14-19(16,17)11-7-9(13)5-6-10(11)18-3/h5-7,14-15H,4,8H2,1-3H3. The molecular formula is C12H18BrNO4S. The lowest BCUT2D eigenvalue weighted by molar-refractivity contribution is 0.0613. The Morgan fingerprint density at radius 1 is 1.47 bits per heavy atom. The SMILES string of the molecule is CCC(C)(O)CNS(=O)(=O)c1cc(Br)ccc1OC. The molecule has 0 radical (unpaired) electrons. The van der Waals surface area contributed by atoms with Crippen molar-refractivity contribution in [2.24, 2.45) is 0 Å². The molecular weight excluding hydrogens is 334 g/mol. The molecule has 0 amide bonds. The molecule has 1 aromatic rings. The first-order valence-corrected chi connectivity index (χ1v) is 8.05. The summed E-state index contributed by atoms with van der Waals surface area (Å²) in [7, 11) is -2.33. The van der Waals surface area contributed by atoms with Gasteiger partial charge in [-0.1, -0.05) is 22.9 Å². The Kier molecular flexibility index (Phi) is 5.37. The molecule has 1 atom stereocenters. The molecule has 0 aliphatic rings. The maximum Gasteiger partial charge on any atom is 0.244 e. The zero-order valence-electron chi connectivity index (χ0n) is 11.1. The first-order valence-electron chi connectivity index (χ1n) is 5.77. The molecule has 0 aliphatic carbocycles. The summed E-state index contributed by atoms with van der Waals surface area (Å²) in [5, 5.41) is 9.85.